The molecule has 2 aromatic carbocycles. The fourth-order valence-electron chi connectivity index (χ4n) is 1.73. The number of para-hydroxylation sites is 1. The Bertz CT molecular complexity index is 553. The van der Waals surface area contributed by atoms with Crippen LogP contribution >= 0.6 is 0 Å². The van der Waals surface area contributed by atoms with Gasteiger partial charge in [-0.05, 0) is 17.7 Å². The summed E-state index contributed by atoms with van der Waals surface area (Å²) in [5.41, 5.74) is 7.95. The Balaban J connectivity index is 2.21. The molecule has 0 unspecified atom stereocenters. The molecule has 2 rings (SSSR count). The third-order valence-electron chi connectivity index (χ3n) is 2.64. The molecule has 18 heavy (non-hydrogen) atoms. The minimum Gasteiger partial charge on any atom is -0.478 e. The van der Waals surface area contributed by atoms with Crippen LogP contribution in [0.5, 0.6) is 0 Å². The number of nitrogens with one attached hydrogen (secondary N) is 1. The molecule has 0 atom stereocenters. The van der Waals surface area contributed by atoms with E-state index in [-0.39, 0.29) is 5.56 Å². The van der Waals surface area contributed by atoms with E-state index in [0.29, 0.717) is 17.9 Å². The summed E-state index contributed by atoms with van der Waals surface area (Å²) in [6, 6.07) is 14.6. The highest BCUT2D eigenvalue weighted by Gasteiger charge is 2.11. The van der Waals surface area contributed by atoms with Crippen LogP contribution in [0.15, 0.2) is 48.5 Å². The highest BCUT2D eigenvalue weighted by atomic mass is 16.4. The van der Waals surface area contributed by atoms with Crippen LogP contribution in [0, 0.1) is 0 Å². The second-order valence-corrected chi connectivity index (χ2v) is 3.91. The van der Waals surface area contributed by atoms with Crippen LogP contribution in [0.25, 0.3) is 0 Å². The average molecular weight is 242 g/mol. The summed E-state index contributed by atoms with van der Waals surface area (Å²) in [5.74, 6) is -0.988. The van der Waals surface area contributed by atoms with Crippen molar-refractivity contribution in [3.63, 3.8) is 0 Å². The van der Waals surface area contributed by atoms with Gasteiger partial charge in [0.1, 0.15) is 0 Å². The maximum absolute atomic E-state index is 11.1. The number of hydrogen-bond acceptors (Lipinski definition) is 3. The van der Waals surface area contributed by atoms with E-state index >= 15 is 0 Å². The highest BCUT2D eigenvalue weighted by Crippen LogP contribution is 2.24. The molecule has 0 aliphatic rings. The van der Waals surface area contributed by atoms with Gasteiger partial charge in [0.15, 0.2) is 0 Å². The second-order valence-electron chi connectivity index (χ2n) is 3.91. The summed E-state index contributed by atoms with van der Waals surface area (Å²) in [4.78, 5) is 11.1. The van der Waals surface area contributed by atoms with Gasteiger partial charge in [0.2, 0.25) is 0 Å². The van der Waals surface area contributed by atoms with Crippen molar-refractivity contribution in [2.24, 2.45) is 0 Å². The Morgan fingerprint density at radius 3 is 2.50 bits per heavy atom. The zero-order chi connectivity index (χ0) is 13.0. The maximum atomic E-state index is 11.1. The monoisotopic (exact) mass is 242 g/mol. The number of rotatable bonds is 4. The van der Waals surface area contributed by atoms with Gasteiger partial charge in [0, 0.05) is 6.54 Å². The molecule has 0 amide bonds. The van der Waals surface area contributed by atoms with Crippen molar-refractivity contribution in [2.45, 2.75) is 6.54 Å². The van der Waals surface area contributed by atoms with Crippen LogP contribution < -0.4 is 11.1 Å². The molecule has 0 aromatic heterocycles. The molecule has 0 aliphatic heterocycles. The Morgan fingerprint density at radius 1 is 1.11 bits per heavy atom. The molecule has 0 saturated heterocycles. The maximum Gasteiger partial charge on any atom is 0.337 e. The van der Waals surface area contributed by atoms with Crippen molar-refractivity contribution in [2.75, 3.05) is 11.1 Å². The minimum absolute atomic E-state index is 0.186. The molecule has 0 aliphatic carbocycles. The first kappa shape index (κ1) is 12.0. The predicted molar refractivity (Wildman–Crippen MR) is 71.6 cm³/mol. The number of aromatic carboxylic acids is 1. The normalized spacial score (nSPS) is 10.0. The van der Waals surface area contributed by atoms with Gasteiger partial charge in [-0.25, -0.2) is 4.79 Å². The second kappa shape index (κ2) is 5.23. The molecule has 4 heteroatoms. The van der Waals surface area contributed by atoms with Gasteiger partial charge in [-0.1, -0.05) is 36.4 Å². The molecule has 92 valence electrons. The number of carboxylic acid groups (broad SMARTS) is 1. The van der Waals surface area contributed by atoms with E-state index < -0.39 is 5.97 Å². The quantitative estimate of drug-likeness (QED) is 0.720. The lowest BCUT2D eigenvalue weighted by atomic mass is 10.1. The summed E-state index contributed by atoms with van der Waals surface area (Å²) >= 11 is 0. The smallest absolute Gasteiger partial charge is 0.337 e. The van der Waals surface area contributed by atoms with E-state index in [1.165, 1.54) is 6.07 Å². The molecule has 0 heterocycles. The number of nitrogens with two attached hydrogens (primary N) is 1. The number of nitrogen functional groups attached to an aromatic ring is 1. The molecule has 0 saturated carbocycles. The lowest BCUT2D eigenvalue weighted by Crippen LogP contribution is -2.08. The summed E-state index contributed by atoms with van der Waals surface area (Å²) in [6.45, 7) is 0.537. The van der Waals surface area contributed by atoms with E-state index in [0.717, 1.165) is 5.56 Å². The predicted octanol–water partition coefficient (Wildman–Crippen LogP) is 2.58. The summed E-state index contributed by atoms with van der Waals surface area (Å²) < 4.78 is 0. The number of carboxylic acids is 1. The largest absolute Gasteiger partial charge is 0.478 e. The first-order chi connectivity index (χ1) is 8.68. The van der Waals surface area contributed by atoms with Crippen LogP contribution in [-0.4, -0.2) is 11.1 Å². The van der Waals surface area contributed by atoms with Crippen LogP contribution in [-0.2, 0) is 6.54 Å². The summed E-state index contributed by atoms with van der Waals surface area (Å²) in [6.07, 6.45) is 0. The van der Waals surface area contributed by atoms with Gasteiger partial charge in [-0.15, -0.1) is 0 Å². The number of anilines is 2. The Morgan fingerprint density at radius 2 is 1.83 bits per heavy atom. The third kappa shape index (κ3) is 2.60. The molecule has 0 fully saturated rings. The summed E-state index contributed by atoms with van der Waals surface area (Å²) in [7, 11) is 0. The van der Waals surface area contributed by atoms with E-state index in [1.54, 1.807) is 12.1 Å². The Hall–Kier alpha value is -2.49. The fraction of sp³-hybridized carbons (Fsp3) is 0.0714. The van der Waals surface area contributed by atoms with Crippen molar-refractivity contribution in [3.8, 4) is 0 Å². The van der Waals surface area contributed by atoms with Crippen molar-refractivity contribution >= 4 is 17.3 Å². The van der Waals surface area contributed by atoms with Gasteiger partial charge in [-0.3, -0.25) is 0 Å². The van der Waals surface area contributed by atoms with Gasteiger partial charge in [-0.2, -0.15) is 0 Å². The summed E-state index contributed by atoms with van der Waals surface area (Å²) in [5, 5.41) is 12.2. The molecule has 4 nitrogen and oxygen atoms in total. The Labute approximate surface area is 105 Å². The molecule has 4 N–H and O–H groups in total. The van der Waals surface area contributed by atoms with Crippen LogP contribution in [0.4, 0.5) is 11.4 Å². The van der Waals surface area contributed by atoms with Gasteiger partial charge < -0.3 is 16.2 Å². The fourth-order valence-corrected chi connectivity index (χ4v) is 1.73. The number of carbonyl (C=O) groups is 1. The molecular formula is C14H14N2O2. The van der Waals surface area contributed by atoms with Crippen LogP contribution in [0.2, 0.25) is 0 Å². The minimum atomic E-state index is -0.988. The van der Waals surface area contributed by atoms with E-state index in [2.05, 4.69) is 5.32 Å². The molecule has 0 radical (unpaired) electrons. The molecular weight excluding hydrogens is 228 g/mol. The van der Waals surface area contributed by atoms with E-state index in [1.807, 2.05) is 30.3 Å². The van der Waals surface area contributed by atoms with Crippen molar-refractivity contribution in [1.29, 1.82) is 0 Å². The molecule has 2 aromatic rings. The van der Waals surface area contributed by atoms with Crippen LogP contribution in [0.1, 0.15) is 15.9 Å². The average Bonchev–Trinajstić information content (AvgIpc) is 2.38. The van der Waals surface area contributed by atoms with Gasteiger partial charge >= 0.3 is 5.97 Å². The van der Waals surface area contributed by atoms with E-state index in [9.17, 15) is 4.79 Å². The first-order valence-corrected chi connectivity index (χ1v) is 5.58. The van der Waals surface area contributed by atoms with Gasteiger partial charge in [0.05, 0.1) is 16.9 Å². The first-order valence-electron chi connectivity index (χ1n) is 5.58. The van der Waals surface area contributed by atoms with Gasteiger partial charge in [0.25, 0.3) is 0 Å². The number of hydrogen-bond donors (Lipinski definition) is 3. The van der Waals surface area contributed by atoms with Crippen molar-refractivity contribution in [3.05, 3.63) is 59.7 Å². The lowest BCUT2D eigenvalue weighted by molar-refractivity contribution is 0.0698. The van der Waals surface area contributed by atoms with E-state index in [4.69, 9.17) is 10.8 Å². The highest BCUT2D eigenvalue weighted by molar-refractivity contribution is 5.97. The lowest BCUT2D eigenvalue weighted by Gasteiger charge is -2.12. The molecule has 0 spiro atoms. The standard InChI is InChI=1S/C14H14N2O2/c15-12-8-4-7-11(14(17)18)13(12)16-9-10-5-2-1-3-6-10/h1-8,16H,9,15H2,(H,17,18). The number of benzene rings is 2. The Kier molecular flexibility index (Phi) is 3.48. The molecule has 0 bridgehead atoms. The zero-order valence-corrected chi connectivity index (χ0v) is 9.76. The van der Waals surface area contributed by atoms with Crippen molar-refractivity contribution < 1.29 is 9.90 Å². The topological polar surface area (TPSA) is 75.4 Å². The SMILES string of the molecule is Nc1cccc(C(=O)O)c1NCc1ccccc1. The van der Waals surface area contributed by atoms with Crippen LogP contribution in [0.3, 0.4) is 0 Å². The zero-order valence-electron chi connectivity index (χ0n) is 9.76. The third-order valence-corrected chi connectivity index (χ3v) is 2.64. The van der Waals surface area contributed by atoms with Crippen molar-refractivity contribution in [1.82, 2.24) is 0 Å².